The second-order valence-corrected chi connectivity index (χ2v) is 7.15. The molecule has 2 amide bonds. The molecule has 0 bridgehead atoms. The molecule has 2 aromatic carbocycles. The SMILES string of the molecule is Cc1ccccc1N1CC[NH+](CC(=O)NCC(=O)Nc2ccc(F)c(F)c2)CC1. The van der Waals surface area contributed by atoms with Crippen molar-refractivity contribution in [2.24, 2.45) is 0 Å². The third-order valence-electron chi connectivity index (χ3n) is 4.99. The Morgan fingerprint density at radius 1 is 1.03 bits per heavy atom. The predicted molar refractivity (Wildman–Crippen MR) is 107 cm³/mol. The molecule has 0 spiro atoms. The van der Waals surface area contributed by atoms with Crippen molar-refractivity contribution in [3.05, 3.63) is 59.7 Å². The molecule has 8 heteroatoms. The molecule has 0 saturated carbocycles. The molecular formula is C21H25F2N4O2+. The van der Waals surface area contributed by atoms with E-state index in [0.29, 0.717) is 6.54 Å². The maximum absolute atomic E-state index is 13.2. The van der Waals surface area contributed by atoms with Crippen molar-refractivity contribution in [3.8, 4) is 0 Å². The molecule has 1 heterocycles. The van der Waals surface area contributed by atoms with Crippen molar-refractivity contribution in [1.29, 1.82) is 0 Å². The van der Waals surface area contributed by atoms with Crippen LogP contribution in [0.2, 0.25) is 0 Å². The number of rotatable bonds is 6. The zero-order valence-corrected chi connectivity index (χ0v) is 16.3. The van der Waals surface area contributed by atoms with Gasteiger partial charge in [-0.3, -0.25) is 9.59 Å². The number of para-hydroxylation sites is 1. The van der Waals surface area contributed by atoms with Gasteiger partial charge in [-0.15, -0.1) is 0 Å². The van der Waals surface area contributed by atoms with Crippen LogP contribution in [0.1, 0.15) is 5.56 Å². The summed E-state index contributed by atoms with van der Waals surface area (Å²) in [6.45, 7) is 5.56. The van der Waals surface area contributed by atoms with E-state index in [9.17, 15) is 18.4 Å². The van der Waals surface area contributed by atoms with Crippen LogP contribution in [-0.2, 0) is 9.59 Å². The van der Waals surface area contributed by atoms with Crippen molar-refractivity contribution < 1.29 is 23.3 Å². The molecule has 0 radical (unpaired) electrons. The van der Waals surface area contributed by atoms with Crippen LogP contribution in [0, 0.1) is 18.6 Å². The fraction of sp³-hybridized carbons (Fsp3) is 0.333. The van der Waals surface area contributed by atoms with Crippen LogP contribution in [-0.4, -0.2) is 51.1 Å². The monoisotopic (exact) mass is 403 g/mol. The molecule has 0 unspecified atom stereocenters. The maximum atomic E-state index is 13.2. The van der Waals surface area contributed by atoms with Gasteiger partial charge in [0.05, 0.1) is 32.7 Å². The van der Waals surface area contributed by atoms with Gasteiger partial charge in [-0.25, -0.2) is 8.78 Å². The molecule has 2 aromatic rings. The number of carbonyl (C=O) groups excluding carboxylic acids is 2. The summed E-state index contributed by atoms with van der Waals surface area (Å²) in [5, 5.41) is 5.00. The van der Waals surface area contributed by atoms with Crippen molar-refractivity contribution in [2.75, 3.05) is 49.5 Å². The molecule has 1 aliphatic heterocycles. The van der Waals surface area contributed by atoms with E-state index in [2.05, 4.69) is 34.6 Å². The Morgan fingerprint density at radius 3 is 2.45 bits per heavy atom. The molecule has 1 aliphatic rings. The standard InChI is InChI=1S/C21H24F2N4O2/c1-15-4-2-3-5-19(15)27-10-8-26(9-11-27)14-21(29)24-13-20(28)25-16-6-7-17(22)18(23)12-16/h2-7,12H,8-11,13-14H2,1H3,(H,24,29)(H,25,28)/p+1. The number of carbonyl (C=O) groups is 2. The second-order valence-electron chi connectivity index (χ2n) is 7.15. The van der Waals surface area contributed by atoms with Gasteiger partial charge in [0, 0.05) is 17.4 Å². The lowest BCUT2D eigenvalue weighted by molar-refractivity contribution is -0.892. The van der Waals surface area contributed by atoms with E-state index in [4.69, 9.17) is 0 Å². The minimum absolute atomic E-state index is 0.140. The molecule has 3 rings (SSSR count). The smallest absolute Gasteiger partial charge is 0.275 e. The number of anilines is 2. The highest BCUT2D eigenvalue weighted by atomic mass is 19.2. The van der Waals surface area contributed by atoms with Crippen LogP contribution >= 0.6 is 0 Å². The van der Waals surface area contributed by atoms with Crippen molar-refractivity contribution in [3.63, 3.8) is 0 Å². The normalized spacial score (nSPS) is 14.5. The van der Waals surface area contributed by atoms with Gasteiger partial charge in [-0.1, -0.05) is 18.2 Å². The average molecular weight is 403 g/mol. The van der Waals surface area contributed by atoms with Crippen LogP contribution in [0.4, 0.5) is 20.2 Å². The number of piperazine rings is 1. The molecule has 154 valence electrons. The number of nitrogens with one attached hydrogen (secondary N) is 3. The Kier molecular flexibility index (Phi) is 6.77. The molecule has 6 nitrogen and oxygen atoms in total. The van der Waals surface area contributed by atoms with Gasteiger partial charge in [0.25, 0.3) is 5.91 Å². The second kappa shape index (κ2) is 9.47. The first-order valence-corrected chi connectivity index (χ1v) is 9.58. The summed E-state index contributed by atoms with van der Waals surface area (Å²) in [5.41, 5.74) is 2.60. The first kappa shape index (κ1) is 20.7. The van der Waals surface area contributed by atoms with Gasteiger partial charge in [0.2, 0.25) is 5.91 Å². The summed E-state index contributed by atoms with van der Waals surface area (Å²) in [4.78, 5) is 27.5. The minimum Gasteiger partial charge on any atom is -0.360 e. The molecule has 3 N–H and O–H groups in total. The van der Waals surface area contributed by atoms with E-state index in [0.717, 1.165) is 43.2 Å². The first-order chi connectivity index (χ1) is 13.9. The lowest BCUT2D eigenvalue weighted by Gasteiger charge is -2.34. The zero-order chi connectivity index (χ0) is 20.8. The van der Waals surface area contributed by atoms with E-state index in [-0.39, 0.29) is 18.1 Å². The minimum atomic E-state index is -1.04. The van der Waals surface area contributed by atoms with Gasteiger partial charge >= 0.3 is 0 Å². The Morgan fingerprint density at radius 2 is 1.76 bits per heavy atom. The van der Waals surface area contributed by atoms with E-state index >= 15 is 0 Å². The summed E-state index contributed by atoms with van der Waals surface area (Å²) in [7, 11) is 0. The van der Waals surface area contributed by atoms with E-state index in [1.165, 1.54) is 17.3 Å². The largest absolute Gasteiger partial charge is 0.360 e. The van der Waals surface area contributed by atoms with Crippen molar-refractivity contribution in [2.45, 2.75) is 6.92 Å². The third-order valence-corrected chi connectivity index (χ3v) is 4.99. The van der Waals surface area contributed by atoms with E-state index in [1.807, 2.05) is 12.1 Å². The fourth-order valence-corrected chi connectivity index (χ4v) is 3.41. The number of hydrogen-bond donors (Lipinski definition) is 3. The van der Waals surface area contributed by atoms with Gasteiger partial charge < -0.3 is 20.4 Å². The summed E-state index contributed by atoms with van der Waals surface area (Å²) in [6, 6.07) is 11.3. The van der Waals surface area contributed by atoms with Crippen LogP contribution in [0.15, 0.2) is 42.5 Å². The zero-order valence-electron chi connectivity index (χ0n) is 16.3. The molecule has 1 fully saturated rings. The highest BCUT2D eigenvalue weighted by Crippen LogP contribution is 2.18. The van der Waals surface area contributed by atoms with Crippen LogP contribution < -0.4 is 20.4 Å². The van der Waals surface area contributed by atoms with Crippen molar-refractivity contribution in [1.82, 2.24) is 5.32 Å². The molecular weight excluding hydrogens is 378 g/mol. The summed E-state index contributed by atoms with van der Waals surface area (Å²) in [6.07, 6.45) is 0. The average Bonchev–Trinajstić information content (AvgIpc) is 2.70. The summed E-state index contributed by atoms with van der Waals surface area (Å²) in [5.74, 6) is -2.74. The van der Waals surface area contributed by atoms with Crippen LogP contribution in [0.25, 0.3) is 0 Å². The third kappa shape index (κ3) is 5.74. The first-order valence-electron chi connectivity index (χ1n) is 9.58. The van der Waals surface area contributed by atoms with Gasteiger partial charge in [0.1, 0.15) is 0 Å². The Hall–Kier alpha value is -3.00. The van der Waals surface area contributed by atoms with E-state index in [1.54, 1.807) is 0 Å². The Labute approximate surface area is 168 Å². The Balaban J connectivity index is 1.39. The fourth-order valence-electron chi connectivity index (χ4n) is 3.41. The Bertz CT molecular complexity index is 883. The predicted octanol–water partition coefficient (Wildman–Crippen LogP) is 0.733. The molecule has 1 saturated heterocycles. The highest BCUT2D eigenvalue weighted by Gasteiger charge is 2.23. The number of amides is 2. The van der Waals surface area contributed by atoms with Crippen molar-refractivity contribution >= 4 is 23.2 Å². The van der Waals surface area contributed by atoms with Gasteiger partial charge in [-0.05, 0) is 30.7 Å². The quantitative estimate of drug-likeness (QED) is 0.667. The number of quaternary nitrogens is 1. The van der Waals surface area contributed by atoms with Crippen LogP contribution in [0.3, 0.4) is 0 Å². The topological polar surface area (TPSA) is 65.9 Å². The number of halogens is 2. The lowest BCUT2D eigenvalue weighted by Crippen LogP contribution is -3.16. The maximum Gasteiger partial charge on any atom is 0.275 e. The van der Waals surface area contributed by atoms with E-state index < -0.39 is 17.5 Å². The number of aryl methyl sites for hydroxylation is 1. The number of nitrogens with zero attached hydrogens (tertiary/aromatic N) is 1. The highest BCUT2D eigenvalue weighted by molar-refractivity contribution is 5.94. The van der Waals surface area contributed by atoms with Gasteiger partial charge in [-0.2, -0.15) is 0 Å². The molecule has 0 atom stereocenters. The molecule has 0 aliphatic carbocycles. The molecule has 0 aromatic heterocycles. The lowest BCUT2D eigenvalue weighted by atomic mass is 10.1. The van der Waals surface area contributed by atoms with Crippen LogP contribution in [0.5, 0.6) is 0 Å². The summed E-state index contributed by atoms with van der Waals surface area (Å²) < 4.78 is 26.1. The van der Waals surface area contributed by atoms with Gasteiger partial charge in [0.15, 0.2) is 18.2 Å². The molecule has 29 heavy (non-hydrogen) atoms. The summed E-state index contributed by atoms with van der Waals surface area (Å²) >= 11 is 0. The number of benzene rings is 2. The number of hydrogen-bond acceptors (Lipinski definition) is 3.